The third-order valence-corrected chi connectivity index (χ3v) is 5.91. The molecule has 5 heteroatoms. The lowest BCUT2D eigenvalue weighted by Crippen LogP contribution is -2.06. The molecular formula is C23H15FN2OS. The summed E-state index contributed by atoms with van der Waals surface area (Å²) in [5.41, 5.74) is 3.52. The fourth-order valence-electron chi connectivity index (χ4n) is 3.19. The van der Waals surface area contributed by atoms with Gasteiger partial charge in [-0.3, -0.25) is 4.98 Å². The number of nitrogens with zero attached hydrogens (tertiary/aromatic N) is 2. The minimum Gasteiger partial charge on any atom is -0.606 e. The van der Waals surface area contributed by atoms with Crippen molar-refractivity contribution in [3.63, 3.8) is 0 Å². The highest BCUT2D eigenvalue weighted by atomic mass is 32.2. The van der Waals surface area contributed by atoms with Gasteiger partial charge < -0.3 is 4.55 Å². The van der Waals surface area contributed by atoms with Crippen molar-refractivity contribution in [2.24, 2.45) is 0 Å². The fourth-order valence-corrected chi connectivity index (χ4v) is 4.43. The molecule has 0 aliphatic heterocycles. The van der Waals surface area contributed by atoms with Gasteiger partial charge in [0.1, 0.15) is 11.9 Å². The highest BCUT2D eigenvalue weighted by molar-refractivity contribution is 7.91. The third kappa shape index (κ3) is 3.24. The molecule has 0 N–H and O–H groups in total. The molecule has 0 aliphatic carbocycles. The molecule has 3 nitrogen and oxygen atoms in total. The van der Waals surface area contributed by atoms with E-state index in [2.05, 4.69) is 4.98 Å². The first-order valence-electron chi connectivity index (χ1n) is 8.64. The molecule has 0 amide bonds. The zero-order chi connectivity index (χ0) is 19.7. The Balaban J connectivity index is 1.97. The molecule has 1 aromatic heterocycles. The zero-order valence-electron chi connectivity index (χ0n) is 15.0. The molecule has 0 aliphatic rings. The van der Waals surface area contributed by atoms with Gasteiger partial charge in [0.05, 0.1) is 17.3 Å². The summed E-state index contributed by atoms with van der Waals surface area (Å²) in [5, 5.41) is 9.99. The summed E-state index contributed by atoms with van der Waals surface area (Å²) in [6, 6.07) is 21.4. The standard InChI is InChI=1S/C23H15FN2OS/c1-15-5-4-6-16(11-15)23-19-7-2-3-8-21(19)26-14-22(23)28(27)18-9-10-20(24)17(12-18)13-25/h2-12,14H,1H3. The van der Waals surface area contributed by atoms with Crippen LogP contribution >= 0.6 is 0 Å². The van der Waals surface area contributed by atoms with E-state index in [0.717, 1.165) is 27.6 Å². The van der Waals surface area contributed by atoms with Crippen LogP contribution in [0.25, 0.3) is 22.0 Å². The molecule has 0 fully saturated rings. The number of pyridine rings is 1. The van der Waals surface area contributed by atoms with E-state index in [-0.39, 0.29) is 5.56 Å². The maximum atomic E-state index is 13.7. The SMILES string of the molecule is Cc1cccc(-c2c([S+]([O-])c3ccc(F)c(C#N)c3)cnc3ccccc23)c1. The molecule has 136 valence electrons. The van der Waals surface area contributed by atoms with E-state index in [1.165, 1.54) is 18.2 Å². The van der Waals surface area contributed by atoms with Crippen LogP contribution in [-0.2, 0) is 11.2 Å². The van der Waals surface area contributed by atoms with Crippen LogP contribution < -0.4 is 0 Å². The molecule has 1 atom stereocenters. The van der Waals surface area contributed by atoms with Gasteiger partial charge in [0.25, 0.3) is 0 Å². The van der Waals surface area contributed by atoms with E-state index in [1.807, 2.05) is 55.5 Å². The zero-order valence-corrected chi connectivity index (χ0v) is 15.8. The Morgan fingerprint density at radius 1 is 1.04 bits per heavy atom. The minimum absolute atomic E-state index is 0.128. The number of rotatable bonds is 3. The fraction of sp³-hybridized carbons (Fsp3) is 0.0435. The van der Waals surface area contributed by atoms with Crippen molar-refractivity contribution in [3.8, 4) is 17.2 Å². The Morgan fingerprint density at radius 3 is 2.64 bits per heavy atom. The van der Waals surface area contributed by atoms with E-state index in [1.54, 1.807) is 12.3 Å². The Kier molecular flexibility index (Phi) is 4.82. The number of hydrogen-bond acceptors (Lipinski definition) is 3. The Labute approximate surface area is 165 Å². The van der Waals surface area contributed by atoms with Gasteiger partial charge in [-0.2, -0.15) is 5.26 Å². The second-order valence-electron chi connectivity index (χ2n) is 6.41. The van der Waals surface area contributed by atoms with Gasteiger partial charge in [0.2, 0.25) is 0 Å². The molecule has 3 aromatic carbocycles. The second kappa shape index (κ2) is 7.43. The normalized spacial score (nSPS) is 11.9. The average molecular weight is 386 g/mol. The number of para-hydroxylation sites is 1. The van der Waals surface area contributed by atoms with Gasteiger partial charge in [-0.05, 0) is 30.7 Å². The topological polar surface area (TPSA) is 59.7 Å². The third-order valence-electron chi connectivity index (χ3n) is 4.52. The van der Waals surface area contributed by atoms with Crippen LogP contribution in [0, 0.1) is 24.1 Å². The largest absolute Gasteiger partial charge is 0.606 e. The van der Waals surface area contributed by atoms with Gasteiger partial charge in [-0.25, -0.2) is 4.39 Å². The van der Waals surface area contributed by atoms with Gasteiger partial charge >= 0.3 is 0 Å². The molecule has 4 rings (SSSR count). The Hall–Kier alpha value is -3.20. The van der Waals surface area contributed by atoms with Crippen LogP contribution in [0.4, 0.5) is 4.39 Å². The summed E-state index contributed by atoms with van der Waals surface area (Å²) >= 11 is -1.62. The predicted molar refractivity (Wildman–Crippen MR) is 108 cm³/mol. The van der Waals surface area contributed by atoms with Crippen molar-refractivity contribution < 1.29 is 8.94 Å². The summed E-state index contributed by atoms with van der Waals surface area (Å²) in [6.07, 6.45) is 1.60. The maximum Gasteiger partial charge on any atom is 0.185 e. The number of halogens is 1. The van der Waals surface area contributed by atoms with E-state index in [4.69, 9.17) is 5.26 Å². The van der Waals surface area contributed by atoms with Crippen molar-refractivity contribution >= 4 is 22.1 Å². The first-order chi connectivity index (χ1) is 13.6. The van der Waals surface area contributed by atoms with Gasteiger partial charge in [0.15, 0.2) is 9.79 Å². The molecule has 1 heterocycles. The summed E-state index contributed by atoms with van der Waals surface area (Å²) < 4.78 is 27.1. The average Bonchev–Trinajstić information content (AvgIpc) is 2.72. The van der Waals surface area contributed by atoms with Crippen LogP contribution in [-0.4, -0.2) is 9.54 Å². The Bertz CT molecular complexity index is 1230. The number of aryl methyl sites for hydroxylation is 1. The molecule has 0 spiro atoms. The lowest BCUT2D eigenvalue weighted by atomic mass is 10.00. The summed E-state index contributed by atoms with van der Waals surface area (Å²) in [5.74, 6) is -0.626. The molecule has 1 unspecified atom stereocenters. The van der Waals surface area contributed by atoms with Gasteiger partial charge in [-0.1, -0.05) is 48.0 Å². The molecular weight excluding hydrogens is 371 g/mol. The maximum absolute atomic E-state index is 13.7. The van der Waals surface area contributed by atoms with E-state index < -0.39 is 17.0 Å². The van der Waals surface area contributed by atoms with Gasteiger partial charge in [-0.15, -0.1) is 0 Å². The number of hydrogen-bond donors (Lipinski definition) is 0. The molecule has 0 saturated carbocycles. The van der Waals surface area contributed by atoms with Crippen molar-refractivity contribution in [2.75, 3.05) is 0 Å². The van der Waals surface area contributed by atoms with Crippen LogP contribution in [0.5, 0.6) is 0 Å². The second-order valence-corrected chi connectivity index (χ2v) is 7.85. The van der Waals surface area contributed by atoms with Crippen LogP contribution in [0.15, 0.2) is 82.7 Å². The van der Waals surface area contributed by atoms with E-state index in [0.29, 0.717) is 9.79 Å². The smallest absolute Gasteiger partial charge is 0.185 e. The molecule has 0 bridgehead atoms. The van der Waals surface area contributed by atoms with Crippen LogP contribution in [0.2, 0.25) is 0 Å². The highest BCUT2D eigenvalue weighted by Crippen LogP contribution is 2.36. The van der Waals surface area contributed by atoms with Crippen molar-refractivity contribution in [3.05, 3.63) is 89.9 Å². The quantitative estimate of drug-likeness (QED) is 0.444. The number of benzene rings is 3. The van der Waals surface area contributed by atoms with Crippen LogP contribution in [0.1, 0.15) is 11.1 Å². The molecule has 4 aromatic rings. The molecule has 28 heavy (non-hydrogen) atoms. The minimum atomic E-state index is -1.62. The van der Waals surface area contributed by atoms with Crippen molar-refractivity contribution in [2.45, 2.75) is 16.7 Å². The summed E-state index contributed by atoms with van der Waals surface area (Å²) in [7, 11) is 0. The van der Waals surface area contributed by atoms with E-state index >= 15 is 0 Å². The van der Waals surface area contributed by atoms with Crippen molar-refractivity contribution in [1.82, 2.24) is 4.98 Å². The van der Waals surface area contributed by atoms with Crippen LogP contribution in [0.3, 0.4) is 0 Å². The van der Waals surface area contributed by atoms with Gasteiger partial charge in [0, 0.05) is 28.2 Å². The first-order valence-corrected chi connectivity index (χ1v) is 9.79. The number of fused-ring (bicyclic) bond motifs is 1. The summed E-state index contributed by atoms with van der Waals surface area (Å²) in [6.45, 7) is 2.00. The highest BCUT2D eigenvalue weighted by Gasteiger charge is 2.24. The van der Waals surface area contributed by atoms with Crippen molar-refractivity contribution in [1.29, 1.82) is 5.26 Å². The van der Waals surface area contributed by atoms with E-state index in [9.17, 15) is 8.94 Å². The predicted octanol–water partition coefficient (Wildman–Crippen LogP) is 5.39. The monoisotopic (exact) mass is 386 g/mol. The number of nitriles is 1. The number of aromatic nitrogens is 1. The lowest BCUT2D eigenvalue weighted by Gasteiger charge is -2.16. The molecule has 0 radical (unpaired) electrons. The summed E-state index contributed by atoms with van der Waals surface area (Å²) in [4.78, 5) is 5.36. The lowest BCUT2D eigenvalue weighted by molar-refractivity contribution is 0.593. The first kappa shape index (κ1) is 18.2. The Morgan fingerprint density at radius 2 is 1.86 bits per heavy atom. The molecule has 0 saturated heterocycles.